The molecule has 0 fully saturated rings. The summed E-state index contributed by atoms with van der Waals surface area (Å²) in [6.07, 6.45) is 0. The summed E-state index contributed by atoms with van der Waals surface area (Å²) in [5, 5.41) is 3.69. The van der Waals surface area contributed by atoms with E-state index in [1.165, 1.54) is 6.07 Å². The van der Waals surface area contributed by atoms with Crippen molar-refractivity contribution >= 4 is 44.8 Å². The van der Waals surface area contributed by atoms with Crippen molar-refractivity contribution in [1.82, 2.24) is 0 Å². The van der Waals surface area contributed by atoms with E-state index in [1.54, 1.807) is 18.2 Å². The van der Waals surface area contributed by atoms with Crippen molar-refractivity contribution in [3.63, 3.8) is 0 Å². The molecule has 0 saturated carbocycles. The molecule has 0 aliphatic carbocycles. The minimum Gasteiger partial charge on any atom is -0.379 e. The molecule has 2 aromatic carbocycles. The van der Waals surface area contributed by atoms with Crippen LogP contribution in [0.25, 0.3) is 0 Å². The fourth-order valence-electron chi connectivity index (χ4n) is 1.50. The number of benzene rings is 2. The van der Waals surface area contributed by atoms with Crippen molar-refractivity contribution < 1.29 is 4.39 Å². The maximum atomic E-state index is 13.6. The lowest BCUT2D eigenvalue weighted by Gasteiger charge is -2.10. The van der Waals surface area contributed by atoms with Crippen LogP contribution in [0, 0.1) is 5.82 Å². The topological polar surface area (TPSA) is 12.0 Å². The average Bonchev–Trinajstić information content (AvgIpc) is 2.33. The van der Waals surface area contributed by atoms with Gasteiger partial charge in [-0.1, -0.05) is 51.3 Å². The van der Waals surface area contributed by atoms with Crippen LogP contribution < -0.4 is 5.32 Å². The smallest absolute Gasteiger partial charge is 0.164 e. The largest absolute Gasteiger partial charge is 0.379 e. The van der Waals surface area contributed by atoms with Gasteiger partial charge in [0.15, 0.2) is 5.82 Å². The Labute approximate surface area is 123 Å². The lowest BCUT2D eigenvalue weighted by Crippen LogP contribution is -2.02. The molecule has 5 heteroatoms. The standard InChI is InChI=1S/C13H9BrCl2FN/c14-9-5-4-8(11(16)6-9)7-18-12-3-1-2-10(15)13(12)17/h1-6,18H,7H2. The molecule has 0 aliphatic rings. The summed E-state index contributed by atoms with van der Waals surface area (Å²) in [5.74, 6) is -0.451. The SMILES string of the molecule is Fc1c(Cl)cccc1NCc1ccc(Br)cc1Cl. The first kappa shape index (κ1) is 13.7. The van der Waals surface area contributed by atoms with Crippen LogP contribution in [-0.2, 0) is 6.54 Å². The van der Waals surface area contributed by atoms with Gasteiger partial charge in [0.05, 0.1) is 10.7 Å². The first-order valence-corrected chi connectivity index (χ1v) is 6.74. The van der Waals surface area contributed by atoms with E-state index < -0.39 is 5.82 Å². The monoisotopic (exact) mass is 347 g/mol. The molecule has 0 atom stereocenters. The molecule has 2 rings (SSSR count). The Morgan fingerprint density at radius 1 is 1.11 bits per heavy atom. The molecule has 0 radical (unpaired) electrons. The zero-order valence-electron chi connectivity index (χ0n) is 9.18. The van der Waals surface area contributed by atoms with E-state index in [-0.39, 0.29) is 5.02 Å². The lowest BCUT2D eigenvalue weighted by atomic mass is 10.2. The Balaban J connectivity index is 2.14. The maximum Gasteiger partial charge on any atom is 0.164 e. The van der Waals surface area contributed by atoms with Gasteiger partial charge in [-0.2, -0.15) is 0 Å². The normalized spacial score (nSPS) is 10.4. The maximum absolute atomic E-state index is 13.6. The van der Waals surface area contributed by atoms with Gasteiger partial charge >= 0.3 is 0 Å². The van der Waals surface area contributed by atoms with Crippen LogP contribution in [0.1, 0.15) is 5.56 Å². The summed E-state index contributed by atoms with van der Waals surface area (Å²) in [6, 6.07) is 10.4. The van der Waals surface area contributed by atoms with E-state index in [4.69, 9.17) is 23.2 Å². The minimum absolute atomic E-state index is 0.0990. The Kier molecular flexibility index (Phi) is 4.49. The first-order chi connectivity index (χ1) is 8.58. The van der Waals surface area contributed by atoms with Crippen molar-refractivity contribution in [2.24, 2.45) is 0 Å². The van der Waals surface area contributed by atoms with Crippen molar-refractivity contribution in [3.05, 3.63) is 62.3 Å². The minimum atomic E-state index is -0.451. The van der Waals surface area contributed by atoms with Crippen molar-refractivity contribution in [1.29, 1.82) is 0 Å². The molecule has 2 aromatic rings. The average molecular weight is 349 g/mol. The van der Waals surface area contributed by atoms with E-state index >= 15 is 0 Å². The summed E-state index contributed by atoms with van der Waals surface area (Å²) >= 11 is 15.1. The molecular formula is C13H9BrCl2FN. The predicted octanol–water partition coefficient (Wildman–Crippen LogP) is 5.51. The van der Waals surface area contributed by atoms with E-state index in [0.717, 1.165) is 10.0 Å². The number of halogens is 4. The van der Waals surface area contributed by atoms with Crippen LogP contribution >= 0.6 is 39.1 Å². The second-order valence-corrected chi connectivity index (χ2v) is 5.42. The molecule has 1 nitrogen and oxygen atoms in total. The summed E-state index contributed by atoms with van der Waals surface area (Å²) in [4.78, 5) is 0. The van der Waals surface area contributed by atoms with E-state index in [1.807, 2.05) is 12.1 Å². The second-order valence-electron chi connectivity index (χ2n) is 3.69. The first-order valence-electron chi connectivity index (χ1n) is 5.20. The van der Waals surface area contributed by atoms with Crippen LogP contribution in [0.2, 0.25) is 10.0 Å². The van der Waals surface area contributed by atoms with Crippen molar-refractivity contribution in [2.45, 2.75) is 6.54 Å². The highest BCUT2D eigenvalue weighted by Gasteiger charge is 2.06. The van der Waals surface area contributed by atoms with Gasteiger partial charge in [-0.15, -0.1) is 0 Å². The van der Waals surface area contributed by atoms with Gasteiger partial charge in [0.2, 0.25) is 0 Å². The molecule has 0 spiro atoms. The van der Waals surface area contributed by atoms with E-state index in [2.05, 4.69) is 21.2 Å². The highest BCUT2D eigenvalue weighted by atomic mass is 79.9. The highest BCUT2D eigenvalue weighted by molar-refractivity contribution is 9.10. The molecule has 94 valence electrons. The summed E-state index contributed by atoms with van der Waals surface area (Å²) in [5.41, 5.74) is 1.25. The highest BCUT2D eigenvalue weighted by Crippen LogP contribution is 2.25. The zero-order chi connectivity index (χ0) is 13.1. The number of nitrogens with one attached hydrogen (secondary N) is 1. The van der Waals surface area contributed by atoms with Crippen molar-refractivity contribution in [2.75, 3.05) is 5.32 Å². The molecule has 0 aliphatic heterocycles. The van der Waals surface area contributed by atoms with Gasteiger partial charge in [-0.25, -0.2) is 4.39 Å². The zero-order valence-corrected chi connectivity index (χ0v) is 12.3. The lowest BCUT2D eigenvalue weighted by molar-refractivity contribution is 0.630. The molecule has 0 amide bonds. The molecule has 18 heavy (non-hydrogen) atoms. The van der Waals surface area contributed by atoms with Crippen LogP contribution in [0.15, 0.2) is 40.9 Å². The van der Waals surface area contributed by atoms with Gasteiger partial charge in [-0.05, 0) is 29.8 Å². The third kappa shape index (κ3) is 3.16. The van der Waals surface area contributed by atoms with Gasteiger partial charge < -0.3 is 5.32 Å². The second kappa shape index (κ2) is 5.91. The van der Waals surface area contributed by atoms with Crippen LogP contribution in [0.3, 0.4) is 0 Å². The quantitative estimate of drug-likeness (QED) is 0.771. The summed E-state index contributed by atoms with van der Waals surface area (Å²) in [6.45, 7) is 0.434. The molecule has 0 saturated heterocycles. The number of rotatable bonds is 3. The van der Waals surface area contributed by atoms with Crippen LogP contribution in [-0.4, -0.2) is 0 Å². The Morgan fingerprint density at radius 3 is 2.61 bits per heavy atom. The molecular weight excluding hydrogens is 340 g/mol. The third-order valence-electron chi connectivity index (χ3n) is 2.44. The van der Waals surface area contributed by atoms with Gasteiger partial charge in [0, 0.05) is 16.0 Å². The summed E-state index contributed by atoms with van der Waals surface area (Å²) < 4.78 is 14.5. The van der Waals surface area contributed by atoms with Gasteiger partial charge in [-0.3, -0.25) is 0 Å². The number of hydrogen-bond donors (Lipinski definition) is 1. The fourth-order valence-corrected chi connectivity index (χ4v) is 2.41. The summed E-state index contributed by atoms with van der Waals surface area (Å²) in [7, 11) is 0. The Morgan fingerprint density at radius 2 is 1.89 bits per heavy atom. The van der Waals surface area contributed by atoms with Gasteiger partial charge in [0.1, 0.15) is 0 Å². The molecule has 0 heterocycles. The third-order valence-corrected chi connectivity index (χ3v) is 3.57. The van der Waals surface area contributed by atoms with Crippen molar-refractivity contribution in [3.8, 4) is 0 Å². The van der Waals surface area contributed by atoms with Gasteiger partial charge in [0.25, 0.3) is 0 Å². The Hall–Kier alpha value is -0.770. The van der Waals surface area contributed by atoms with E-state index in [0.29, 0.717) is 17.3 Å². The van der Waals surface area contributed by atoms with Crippen LogP contribution in [0.5, 0.6) is 0 Å². The van der Waals surface area contributed by atoms with E-state index in [9.17, 15) is 4.39 Å². The predicted molar refractivity (Wildman–Crippen MR) is 77.9 cm³/mol. The molecule has 0 aromatic heterocycles. The molecule has 1 N–H and O–H groups in total. The number of hydrogen-bond acceptors (Lipinski definition) is 1. The fraction of sp³-hybridized carbons (Fsp3) is 0.0769. The molecule has 0 bridgehead atoms. The van der Waals surface area contributed by atoms with Crippen LogP contribution in [0.4, 0.5) is 10.1 Å². The molecule has 0 unspecified atom stereocenters. The number of anilines is 1. The Bertz CT molecular complexity index is 575.